The zero-order valence-corrected chi connectivity index (χ0v) is 19.7. The lowest BCUT2D eigenvalue weighted by Gasteiger charge is -2.15. The van der Waals surface area contributed by atoms with Crippen LogP contribution in [0, 0.1) is 0 Å². The average Bonchev–Trinajstić information content (AvgIpc) is 3.43. The van der Waals surface area contributed by atoms with E-state index in [0.29, 0.717) is 9.59 Å². The molecule has 202 valence electrons. The number of hydrogen-bond donors (Lipinski definition) is 2. The fourth-order valence-corrected chi connectivity index (χ4v) is 3.46. The van der Waals surface area contributed by atoms with Crippen molar-refractivity contribution in [2.45, 2.75) is 31.5 Å². The molecule has 38 heavy (non-hydrogen) atoms. The number of aliphatic hydroxyl groups excluding tert-OH is 1. The Hall–Kier alpha value is -3.92. The monoisotopic (exact) mass is 562 g/mol. The lowest BCUT2D eigenvalue weighted by atomic mass is 10.2. The fourth-order valence-electron chi connectivity index (χ4n) is 3.33. The van der Waals surface area contributed by atoms with Gasteiger partial charge in [-0.05, 0) is 30.3 Å². The van der Waals surface area contributed by atoms with E-state index in [2.05, 4.69) is 25.5 Å². The molecule has 0 bridgehead atoms. The Balaban J connectivity index is 1.65. The molecular formula is C21H17ClF6N8O2. The van der Waals surface area contributed by atoms with E-state index in [1.54, 1.807) is 0 Å². The van der Waals surface area contributed by atoms with Gasteiger partial charge in [0, 0.05) is 16.8 Å². The summed E-state index contributed by atoms with van der Waals surface area (Å²) in [6.07, 6.45) is -8.61. The molecule has 0 radical (unpaired) electrons. The van der Waals surface area contributed by atoms with Gasteiger partial charge in [0.05, 0.1) is 18.4 Å². The highest BCUT2D eigenvalue weighted by atomic mass is 35.5. The van der Waals surface area contributed by atoms with E-state index in [1.807, 2.05) is 0 Å². The van der Waals surface area contributed by atoms with Crippen molar-refractivity contribution in [1.29, 1.82) is 0 Å². The molecule has 1 aromatic carbocycles. The molecule has 3 heterocycles. The maximum Gasteiger partial charge on any atom is 0.416 e. The number of aromatic nitrogens is 7. The van der Waals surface area contributed by atoms with Crippen molar-refractivity contribution in [2.75, 3.05) is 11.9 Å². The third-order valence-corrected chi connectivity index (χ3v) is 5.37. The summed E-state index contributed by atoms with van der Waals surface area (Å²) in [5.74, 6) is -0.193. The van der Waals surface area contributed by atoms with Crippen molar-refractivity contribution >= 4 is 17.3 Å². The van der Waals surface area contributed by atoms with Crippen LogP contribution in [0.5, 0.6) is 0 Å². The number of pyridine rings is 1. The number of rotatable bonds is 8. The largest absolute Gasteiger partial charge is 0.416 e. The zero-order valence-electron chi connectivity index (χ0n) is 18.9. The van der Waals surface area contributed by atoms with E-state index >= 15 is 0 Å². The van der Waals surface area contributed by atoms with Crippen LogP contribution in [0.3, 0.4) is 0 Å². The van der Waals surface area contributed by atoms with Crippen molar-refractivity contribution < 1.29 is 31.4 Å². The molecule has 0 aliphatic rings. The first kappa shape index (κ1) is 27.1. The third kappa shape index (κ3) is 6.31. The summed E-state index contributed by atoms with van der Waals surface area (Å²) < 4.78 is 79.6. The Kier molecular flexibility index (Phi) is 7.46. The lowest BCUT2D eigenvalue weighted by Crippen LogP contribution is -2.37. The standard InChI is InChI=1S/C21H17ClF6N8O2/c22-13-3-1-12(2-4-13)18-33-35(19(38)34(18)8-16(37)21(26,27)28)9-17-31-11-36(32-17)15-7-29-6-5-14(15)30-10-20(23,24)25/h1-7,11,16,37H,8-10H2,(H,29,30). The summed E-state index contributed by atoms with van der Waals surface area (Å²) in [6.45, 7) is -2.82. The van der Waals surface area contributed by atoms with Crippen molar-refractivity contribution in [3.8, 4) is 17.1 Å². The zero-order chi connectivity index (χ0) is 27.7. The molecule has 0 saturated carbocycles. The normalized spacial score (nSPS) is 13.1. The van der Waals surface area contributed by atoms with Gasteiger partial charge in [-0.25, -0.2) is 19.1 Å². The molecule has 4 rings (SSSR count). The summed E-state index contributed by atoms with van der Waals surface area (Å²) in [5.41, 5.74) is -0.540. The highest BCUT2D eigenvalue weighted by Crippen LogP contribution is 2.25. The predicted molar refractivity (Wildman–Crippen MR) is 122 cm³/mol. The lowest BCUT2D eigenvalue weighted by molar-refractivity contribution is -0.207. The molecular weight excluding hydrogens is 546 g/mol. The van der Waals surface area contributed by atoms with Crippen LogP contribution in [-0.4, -0.2) is 64.2 Å². The van der Waals surface area contributed by atoms with Crippen molar-refractivity contribution in [2.24, 2.45) is 0 Å². The third-order valence-electron chi connectivity index (χ3n) is 5.12. The maximum atomic E-state index is 13.0. The van der Waals surface area contributed by atoms with Crippen LogP contribution < -0.4 is 11.0 Å². The Morgan fingerprint density at radius 1 is 1.05 bits per heavy atom. The van der Waals surface area contributed by atoms with Crippen molar-refractivity contribution in [3.05, 3.63) is 70.4 Å². The van der Waals surface area contributed by atoms with E-state index in [4.69, 9.17) is 11.6 Å². The second-order valence-corrected chi connectivity index (χ2v) is 8.34. The number of anilines is 1. The van der Waals surface area contributed by atoms with Crippen molar-refractivity contribution in [3.63, 3.8) is 0 Å². The Morgan fingerprint density at radius 2 is 1.76 bits per heavy atom. The van der Waals surface area contributed by atoms with Crippen LogP contribution in [0.2, 0.25) is 5.02 Å². The minimum Gasteiger partial charge on any atom is -0.382 e. The molecule has 0 aliphatic heterocycles. The highest BCUT2D eigenvalue weighted by molar-refractivity contribution is 6.30. The molecule has 0 amide bonds. The summed E-state index contributed by atoms with van der Waals surface area (Å²) in [6, 6.07) is 7.09. The number of hydrogen-bond acceptors (Lipinski definition) is 7. The van der Waals surface area contributed by atoms with Gasteiger partial charge in [-0.1, -0.05) is 11.6 Å². The van der Waals surface area contributed by atoms with Gasteiger partial charge in [-0.3, -0.25) is 9.55 Å². The number of nitrogens with one attached hydrogen (secondary N) is 1. The smallest absolute Gasteiger partial charge is 0.382 e. The first-order chi connectivity index (χ1) is 17.8. The van der Waals surface area contributed by atoms with Gasteiger partial charge in [-0.2, -0.15) is 26.3 Å². The number of halogens is 7. The van der Waals surface area contributed by atoms with Gasteiger partial charge in [-0.15, -0.1) is 10.2 Å². The van der Waals surface area contributed by atoms with E-state index in [0.717, 1.165) is 9.36 Å². The molecule has 0 spiro atoms. The van der Waals surface area contributed by atoms with E-state index in [9.17, 15) is 36.2 Å². The van der Waals surface area contributed by atoms with Gasteiger partial charge in [0.2, 0.25) is 0 Å². The van der Waals surface area contributed by atoms with Crippen molar-refractivity contribution in [1.82, 2.24) is 34.1 Å². The predicted octanol–water partition coefficient (Wildman–Crippen LogP) is 3.29. The Labute approximate surface area is 214 Å². The molecule has 2 N–H and O–H groups in total. The molecule has 3 aromatic heterocycles. The number of nitrogens with zero attached hydrogens (tertiary/aromatic N) is 7. The van der Waals surface area contributed by atoms with Gasteiger partial charge >= 0.3 is 18.0 Å². The summed E-state index contributed by atoms with van der Waals surface area (Å²) in [5, 5.41) is 20.4. The minimum atomic E-state index is -4.99. The van der Waals surface area contributed by atoms with Crippen LogP contribution in [0.1, 0.15) is 5.82 Å². The molecule has 17 heteroatoms. The molecule has 0 saturated heterocycles. The molecule has 10 nitrogen and oxygen atoms in total. The van der Waals surface area contributed by atoms with Gasteiger partial charge in [0.15, 0.2) is 17.8 Å². The average molecular weight is 563 g/mol. The molecule has 0 aliphatic carbocycles. The molecule has 4 aromatic rings. The van der Waals surface area contributed by atoms with E-state index in [-0.39, 0.29) is 28.6 Å². The first-order valence-corrected chi connectivity index (χ1v) is 11.0. The Bertz CT molecular complexity index is 1460. The molecule has 1 atom stereocenters. The number of alkyl halides is 6. The fraction of sp³-hybridized carbons (Fsp3) is 0.286. The Morgan fingerprint density at radius 3 is 2.42 bits per heavy atom. The second kappa shape index (κ2) is 10.4. The summed E-state index contributed by atoms with van der Waals surface area (Å²) in [4.78, 5) is 20.9. The highest BCUT2D eigenvalue weighted by Gasteiger charge is 2.39. The topological polar surface area (TPSA) is 116 Å². The van der Waals surface area contributed by atoms with Gasteiger partial charge in [0.1, 0.15) is 25.1 Å². The van der Waals surface area contributed by atoms with Gasteiger partial charge < -0.3 is 10.4 Å². The van der Waals surface area contributed by atoms with Crippen LogP contribution in [0.25, 0.3) is 17.1 Å². The quantitative estimate of drug-likeness (QED) is 0.317. The minimum absolute atomic E-state index is 0.0265. The second-order valence-electron chi connectivity index (χ2n) is 7.91. The van der Waals surface area contributed by atoms with E-state index < -0.39 is 43.8 Å². The maximum absolute atomic E-state index is 13.0. The van der Waals surface area contributed by atoms with Gasteiger partial charge in [0.25, 0.3) is 0 Å². The van der Waals surface area contributed by atoms with Crippen LogP contribution >= 0.6 is 11.6 Å². The van der Waals surface area contributed by atoms with E-state index in [1.165, 1.54) is 49.1 Å². The molecule has 0 fully saturated rings. The number of benzene rings is 1. The summed E-state index contributed by atoms with van der Waals surface area (Å²) >= 11 is 5.87. The number of aliphatic hydroxyl groups is 1. The first-order valence-electron chi connectivity index (χ1n) is 10.7. The molecule has 1 unspecified atom stereocenters. The van der Waals surface area contributed by atoms with Crippen LogP contribution in [0.4, 0.5) is 32.0 Å². The summed E-state index contributed by atoms with van der Waals surface area (Å²) in [7, 11) is 0. The SMILES string of the molecule is O=c1n(Cc2ncn(-c3cnccc3NCC(F)(F)F)n2)nc(-c2ccc(Cl)cc2)n1CC(O)C(F)(F)F. The van der Waals surface area contributed by atoms with Crippen LogP contribution in [-0.2, 0) is 13.1 Å². The van der Waals surface area contributed by atoms with Crippen LogP contribution in [0.15, 0.2) is 53.8 Å².